The van der Waals surface area contributed by atoms with E-state index in [4.69, 9.17) is 0 Å². The standard InChI is InChI=1S/C25H33NO2S/c1-17(29-23-11-9-22(27)10-12-23)26-15-18-13-25(28,14-19(18)16-26)21-7-5-20(6-8-21)24(2,3)4/h5-12,17-19,27-28H,13-16H2,1-4H3/t17?,18-,19+,25?. The normalized spacial score (nSPS) is 28.4. The van der Waals surface area contributed by atoms with Gasteiger partial charge in [0.15, 0.2) is 0 Å². The Hall–Kier alpha value is -1.49. The van der Waals surface area contributed by atoms with Gasteiger partial charge in [0, 0.05) is 18.0 Å². The maximum atomic E-state index is 11.4. The number of hydrogen-bond donors (Lipinski definition) is 2. The Bertz CT molecular complexity index is 827. The van der Waals surface area contributed by atoms with Crippen molar-refractivity contribution in [2.45, 2.75) is 61.8 Å². The molecule has 3 nitrogen and oxygen atoms in total. The quantitative estimate of drug-likeness (QED) is 0.665. The largest absolute Gasteiger partial charge is 0.508 e. The molecule has 2 aliphatic rings. The SMILES string of the molecule is CC(Sc1ccc(O)cc1)N1C[C@@H]2CC(O)(c3ccc(C(C)(C)C)cc3)C[C@@H]2C1. The average Bonchev–Trinajstić information content (AvgIpc) is 3.19. The first kappa shape index (κ1) is 20.8. The Morgan fingerprint density at radius 1 is 0.966 bits per heavy atom. The van der Waals surface area contributed by atoms with Crippen LogP contribution in [0.15, 0.2) is 53.4 Å². The summed E-state index contributed by atoms with van der Waals surface area (Å²) < 4.78 is 0. The zero-order valence-electron chi connectivity index (χ0n) is 17.9. The third-order valence-corrected chi connectivity index (χ3v) is 7.93. The van der Waals surface area contributed by atoms with Gasteiger partial charge in [0.05, 0.1) is 11.0 Å². The van der Waals surface area contributed by atoms with Crippen LogP contribution in [0, 0.1) is 11.8 Å². The fourth-order valence-corrected chi connectivity index (χ4v) is 6.01. The van der Waals surface area contributed by atoms with Crippen LogP contribution in [-0.2, 0) is 11.0 Å². The average molecular weight is 412 g/mol. The fraction of sp³-hybridized carbons (Fsp3) is 0.520. The maximum Gasteiger partial charge on any atom is 0.115 e. The number of aromatic hydroxyl groups is 1. The minimum atomic E-state index is -0.675. The predicted octanol–water partition coefficient (Wildman–Crippen LogP) is 5.36. The molecule has 1 saturated carbocycles. The molecule has 2 aromatic carbocycles. The number of fused-ring (bicyclic) bond motifs is 1. The molecule has 0 bridgehead atoms. The minimum absolute atomic E-state index is 0.138. The van der Waals surface area contributed by atoms with Gasteiger partial charge in [-0.3, -0.25) is 4.90 Å². The van der Waals surface area contributed by atoms with Crippen LogP contribution in [0.4, 0.5) is 0 Å². The van der Waals surface area contributed by atoms with E-state index in [1.807, 2.05) is 23.9 Å². The molecule has 156 valence electrons. The summed E-state index contributed by atoms with van der Waals surface area (Å²) in [6, 6.07) is 16.1. The molecule has 1 heterocycles. The Kier molecular flexibility index (Phi) is 5.47. The van der Waals surface area contributed by atoms with Crippen LogP contribution in [0.2, 0.25) is 0 Å². The van der Waals surface area contributed by atoms with Crippen LogP contribution in [0.3, 0.4) is 0 Å². The van der Waals surface area contributed by atoms with Crippen molar-refractivity contribution in [3.8, 4) is 5.75 Å². The van der Waals surface area contributed by atoms with Gasteiger partial charge < -0.3 is 10.2 Å². The van der Waals surface area contributed by atoms with Gasteiger partial charge in [0.2, 0.25) is 0 Å². The van der Waals surface area contributed by atoms with E-state index in [0.29, 0.717) is 23.0 Å². The first-order chi connectivity index (χ1) is 13.6. The highest BCUT2D eigenvalue weighted by Gasteiger charge is 2.49. The fourth-order valence-electron chi connectivity index (χ4n) is 5.00. The monoisotopic (exact) mass is 411 g/mol. The molecule has 2 fully saturated rings. The minimum Gasteiger partial charge on any atom is -0.508 e. The summed E-state index contributed by atoms with van der Waals surface area (Å²) in [6.07, 6.45) is 1.72. The molecular weight excluding hydrogens is 378 g/mol. The summed E-state index contributed by atoms with van der Waals surface area (Å²) in [7, 11) is 0. The third kappa shape index (κ3) is 4.35. The Morgan fingerprint density at radius 3 is 2.03 bits per heavy atom. The number of thioether (sulfide) groups is 1. The van der Waals surface area contributed by atoms with Crippen LogP contribution >= 0.6 is 11.8 Å². The molecule has 2 N–H and O–H groups in total. The number of likely N-dealkylation sites (tertiary alicyclic amines) is 1. The predicted molar refractivity (Wildman–Crippen MR) is 120 cm³/mol. The number of phenolic OH excluding ortho intramolecular Hbond substituents is 1. The third-order valence-electron chi connectivity index (χ3n) is 6.75. The maximum absolute atomic E-state index is 11.4. The lowest BCUT2D eigenvalue weighted by Crippen LogP contribution is -2.32. The second-order valence-corrected chi connectivity index (χ2v) is 11.3. The Balaban J connectivity index is 1.38. The molecule has 4 atom stereocenters. The van der Waals surface area contributed by atoms with E-state index in [-0.39, 0.29) is 5.41 Å². The zero-order chi connectivity index (χ0) is 20.8. The molecule has 0 amide bonds. The van der Waals surface area contributed by atoms with E-state index in [0.717, 1.165) is 31.5 Å². The van der Waals surface area contributed by atoms with Gasteiger partial charge in [-0.15, -0.1) is 11.8 Å². The van der Waals surface area contributed by atoms with Crippen molar-refractivity contribution in [2.75, 3.05) is 13.1 Å². The van der Waals surface area contributed by atoms with Gasteiger partial charge >= 0.3 is 0 Å². The van der Waals surface area contributed by atoms with Gasteiger partial charge in [-0.2, -0.15) is 0 Å². The highest BCUT2D eigenvalue weighted by molar-refractivity contribution is 7.99. The molecule has 1 aliphatic heterocycles. The van der Waals surface area contributed by atoms with Crippen molar-refractivity contribution in [3.63, 3.8) is 0 Å². The van der Waals surface area contributed by atoms with E-state index in [2.05, 4.69) is 56.9 Å². The van der Waals surface area contributed by atoms with Gasteiger partial charge in [0.25, 0.3) is 0 Å². The number of rotatable bonds is 4. The Morgan fingerprint density at radius 2 is 1.52 bits per heavy atom. The molecular formula is C25H33NO2S. The lowest BCUT2D eigenvalue weighted by molar-refractivity contribution is 0.0311. The number of phenols is 1. The summed E-state index contributed by atoms with van der Waals surface area (Å²) in [5.74, 6) is 1.43. The summed E-state index contributed by atoms with van der Waals surface area (Å²) in [5, 5.41) is 21.3. The Labute approximate surface area is 179 Å². The van der Waals surface area contributed by atoms with Gasteiger partial charge in [0.1, 0.15) is 5.75 Å². The van der Waals surface area contributed by atoms with Crippen LogP contribution in [-0.4, -0.2) is 33.6 Å². The second-order valence-electron chi connectivity index (χ2n) is 9.95. The number of benzene rings is 2. The highest BCUT2D eigenvalue weighted by atomic mass is 32.2. The summed E-state index contributed by atoms with van der Waals surface area (Å²) in [5.41, 5.74) is 1.86. The first-order valence-corrected chi connectivity index (χ1v) is 11.6. The molecule has 1 aliphatic carbocycles. The first-order valence-electron chi connectivity index (χ1n) is 10.7. The van der Waals surface area contributed by atoms with Gasteiger partial charge in [-0.1, -0.05) is 45.0 Å². The topological polar surface area (TPSA) is 43.7 Å². The van der Waals surface area contributed by atoms with Crippen LogP contribution in [0.5, 0.6) is 5.75 Å². The van der Waals surface area contributed by atoms with Crippen molar-refractivity contribution in [3.05, 3.63) is 59.7 Å². The van der Waals surface area contributed by atoms with Gasteiger partial charge in [-0.25, -0.2) is 0 Å². The van der Waals surface area contributed by atoms with E-state index in [1.165, 1.54) is 10.5 Å². The number of hydrogen-bond acceptors (Lipinski definition) is 4. The number of nitrogens with zero attached hydrogens (tertiary/aromatic N) is 1. The smallest absolute Gasteiger partial charge is 0.115 e. The zero-order valence-corrected chi connectivity index (χ0v) is 18.7. The van der Waals surface area contributed by atoms with E-state index in [9.17, 15) is 10.2 Å². The highest BCUT2D eigenvalue weighted by Crippen LogP contribution is 2.50. The summed E-state index contributed by atoms with van der Waals surface area (Å²) in [6.45, 7) is 11.0. The number of aliphatic hydroxyl groups is 1. The molecule has 29 heavy (non-hydrogen) atoms. The molecule has 0 spiro atoms. The molecule has 2 aromatic rings. The van der Waals surface area contributed by atoms with Gasteiger partial charge in [-0.05, 0) is 72.4 Å². The molecule has 0 aromatic heterocycles. The van der Waals surface area contributed by atoms with Crippen molar-refractivity contribution in [2.24, 2.45) is 11.8 Å². The van der Waals surface area contributed by atoms with Crippen molar-refractivity contribution in [1.29, 1.82) is 0 Å². The van der Waals surface area contributed by atoms with Crippen molar-refractivity contribution >= 4 is 11.8 Å². The summed E-state index contributed by atoms with van der Waals surface area (Å²) >= 11 is 1.84. The van der Waals surface area contributed by atoms with E-state index in [1.54, 1.807) is 12.1 Å². The lowest BCUT2D eigenvalue weighted by atomic mass is 9.84. The summed E-state index contributed by atoms with van der Waals surface area (Å²) in [4.78, 5) is 3.73. The second kappa shape index (κ2) is 7.64. The molecule has 1 saturated heterocycles. The molecule has 2 unspecified atom stereocenters. The van der Waals surface area contributed by atoms with E-state index < -0.39 is 5.60 Å². The van der Waals surface area contributed by atoms with Crippen LogP contribution < -0.4 is 0 Å². The van der Waals surface area contributed by atoms with Crippen LogP contribution in [0.25, 0.3) is 0 Å². The molecule has 0 radical (unpaired) electrons. The van der Waals surface area contributed by atoms with Crippen molar-refractivity contribution < 1.29 is 10.2 Å². The van der Waals surface area contributed by atoms with Crippen molar-refractivity contribution in [1.82, 2.24) is 4.90 Å². The lowest BCUT2D eigenvalue weighted by Gasteiger charge is -2.29. The van der Waals surface area contributed by atoms with E-state index >= 15 is 0 Å². The van der Waals surface area contributed by atoms with Crippen LogP contribution in [0.1, 0.15) is 51.7 Å². The molecule has 4 heteroatoms. The molecule has 4 rings (SSSR count).